The van der Waals surface area contributed by atoms with Crippen molar-refractivity contribution in [1.29, 1.82) is 0 Å². The molecule has 2 aromatic carbocycles. The average molecular weight is 477 g/mol. The molecule has 0 saturated heterocycles. The van der Waals surface area contributed by atoms with Crippen molar-refractivity contribution in [2.45, 2.75) is 11.4 Å². The van der Waals surface area contributed by atoms with Crippen molar-refractivity contribution in [2.24, 2.45) is 0 Å². The zero-order chi connectivity index (χ0) is 22.9. The number of sulfonamides is 1. The monoisotopic (exact) mass is 476 g/mol. The molecule has 11 heteroatoms. The topological polar surface area (TPSA) is 83.6 Å². The largest absolute Gasteiger partial charge is 0.277 e. The van der Waals surface area contributed by atoms with E-state index in [0.29, 0.717) is 17.4 Å². The van der Waals surface area contributed by atoms with Crippen molar-refractivity contribution < 1.29 is 22.0 Å². The van der Waals surface area contributed by atoms with Crippen molar-refractivity contribution in [3.8, 4) is 11.8 Å². The summed E-state index contributed by atoms with van der Waals surface area (Å²) in [6.07, 6.45) is 0. The minimum Gasteiger partial charge on any atom is -0.277 e. The van der Waals surface area contributed by atoms with E-state index >= 15 is 0 Å². The fourth-order valence-electron chi connectivity index (χ4n) is 2.93. The number of rotatable bonds is 4. The van der Waals surface area contributed by atoms with Gasteiger partial charge in [-0.25, -0.2) is 27.6 Å². The first-order valence-electron chi connectivity index (χ1n) is 9.14. The zero-order valence-corrected chi connectivity index (χ0v) is 18.1. The van der Waals surface area contributed by atoms with Gasteiger partial charge in [-0.05, 0) is 48.4 Å². The molecule has 0 fully saturated rings. The standard InChI is InChI=1S/C21H15ClF2N4O3S/c1-31-28-21-13(12-25-28)2-5-15(26-21)6-9-17-18(23)10-11-19(20(17)24)27-32(29,30)16-7-3-14(22)4-8-16/h2-5,7-8,10-11,25,27H,12H2,1H3. The highest BCUT2D eigenvalue weighted by molar-refractivity contribution is 7.92. The van der Waals surface area contributed by atoms with Gasteiger partial charge in [0.2, 0.25) is 0 Å². The van der Waals surface area contributed by atoms with Gasteiger partial charge in [-0.3, -0.25) is 9.56 Å². The Labute approximate surface area is 188 Å². The summed E-state index contributed by atoms with van der Waals surface area (Å²) in [6.45, 7) is 0.517. The third-order valence-electron chi connectivity index (χ3n) is 4.52. The quantitative estimate of drug-likeness (QED) is 0.560. The SMILES string of the molecule is CON1NCc2ccc(C#Cc3c(F)ccc(NS(=O)(=O)c4ccc(Cl)cc4)c3F)nc21. The molecule has 164 valence electrons. The number of benzene rings is 2. The molecule has 2 N–H and O–H groups in total. The Kier molecular flexibility index (Phi) is 5.99. The predicted molar refractivity (Wildman–Crippen MR) is 115 cm³/mol. The lowest BCUT2D eigenvalue weighted by Gasteiger charge is -2.13. The Morgan fingerprint density at radius 1 is 1.12 bits per heavy atom. The summed E-state index contributed by atoms with van der Waals surface area (Å²) in [4.78, 5) is 9.30. The highest BCUT2D eigenvalue weighted by Gasteiger charge is 2.21. The van der Waals surface area contributed by atoms with Gasteiger partial charge < -0.3 is 0 Å². The molecule has 0 saturated carbocycles. The third kappa shape index (κ3) is 4.37. The van der Waals surface area contributed by atoms with Gasteiger partial charge in [-0.2, -0.15) is 5.17 Å². The van der Waals surface area contributed by atoms with Crippen LogP contribution in [0.3, 0.4) is 0 Å². The number of nitrogens with zero attached hydrogens (tertiary/aromatic N) is 2. The molecule has 1 aliphatic heterocycles. The Balaban J connectivity index is 1.65. The minimum absolute atomic E-state index is 0.128. The summed E-state index contributed by atoms with van der Waals surface area (Å²) in [5, 5.41) is 1.70. The van der Waals surface area contributed by atoms with E-state index in [0.717, 1.165) is 17.7 Å². The van der Waals surface area contributed by atoms with Gasteiger partial charge in [0.1, 0.15) is 11.5 Å². The number of hydrogen-bond acceptors (Lipinski definition) is 6. The summed E-state index contributed by atoms with van der Waals surface area (Å²) in [5.74, 6) is 3.41. The zero-order valence-electron chi connectivity index (χ0n) is 16.5. The van der Waals surface area contributed by atoms with Crippen molar-refractivity contribution in [3.63, 3.8) is 0 Å². The summed E-state index contributed by atoms with van der Waals surface area (Å²) in [6, 6.07) is 10.6. The molecule has 3 aromatic rings. The highest BCUT2D eigenvalue weighted by Crippen LogP contribution is 2.25. The molecule has 7 nitrogen and oxygen atoms in total. The van der Waals surface area contributed by atoms with Gasteiger partial charge in [0, 0.05) is 17.1 Å². The summed E-state index contributed by atoms with van der Waals surface area (Å²) >= 11 is 5.77. The molecule has 0 aliphatic carbocycles. The fourth-order valence-corrected chi connectivity index (χ4v) is 4.12. The maximum atomic E-state index is 14.9. The summed E-state index contributed by atoms with van der Waals surface area (Å²) < 4.78 is 56.4. The van der Waals surface area contributed by atoms with E-state index in [1.54, 1.807) is 12.1 Å². The molecule has 0 spiro atoms. The molecule has 4 rings (SSSR count). The molecule has 32 heavy (non-hydrogen) atoms. The van der Waals surface area contributed by atoms with Gasteiger partial charge in [-0.15, -0.1) is 0 Å². The van der Waals surface area contributed by atoms with Crippen LogP contribution in [-0.2, 0) is 21.4 Å². The molecule has 2 heterocycles. The van der Waals surface area contributed by atoms with E-state index in [-0.39, 0.29) is 10.6 Å². The minimum atomic E-state index is -4.12. The lowest BCUT2D eigenvalue weighted by atomic mass is 10.1. The van der Waals surface area contributed by atoms with Crippen LogP contribution in [0.5, 0.6) is 0 Å². The summed E-state index contributed by atoms with van der Waals surface area (Å²) in [7, 11) is -2.66. The second-order valence-electron chi connectivity index (χ2n) is 6.58. The molecule has 0 atom stereocenters. The van der Waals surface area contributed by atoms with Crippen LogP contribution in [0.2, 0.25) is 5.02 Å². The van der Waals surface area contributed by atoms with Crippen molar-refractivity contribution >= 4 is 33.1 Å². The second-order valence-corrected chi connectivity index (χ2v) is 8.70. The highest BCUT2D eigenvalue weighted by atomic mass is 35.5. The Morgan fingerprint density at radius 3 is 2.59 bits per heavy atom. The number of pyridine rings is 1. The number of hydrazine groups is 1. The van der Waals surface area contributed by atoms with E-state index in [4.69, 9.17) is 16.4 Å². The normalized spacial score (nSPS) is 12.8. The van der Waals surface area contributed by atoms with Crippen LogP contribution in [0, 0.1) is 23.5 Å². The number of fused-ring (bicyclic) bond motifs is 1. The molecule has 0 bridgehead atoms. The maximum Gasteiger partial charge on any atom is 0.261 e. The Morgan fingerprint density at radius 2 is 1.88 bits per heavy atom. The third-order valence-corrected chi connectivity index (χ3v) is 6.15. The van der Waals surface area contributed by atoms with Crippen LogP contribution >= 0.6 is 11.6 Å². The first-order chi connectivity index (χ1) is 15.3. The van der Waals surface area contributed by atoms with Crippen LogP contribution in [0.1, 0.15) is 16.8 Å². The average Bonchev–Trinajstić information content (AvgIpc) is 3.18. The van der Waals surface area contributed by atoms with E-state index < -0.39 is 32.9 Å². The van der Waals surface area contributed by atoms with Crippen LogP contribution in [0.25, 0.3) is 0 Å². The molecule has 1 aliphatic rings. The first kappa shape index (κ1) is 22.0. The van der Waals surface area contributed by atoms with Gasteiger partial charge in [0.15, 0.2) is 11.6 Å². The molecular formula is C21H15ClF2N4O3S. The lowest BCUT2D eigenvalue weighted by Crippen LogP contribution is -2.31. The van der Waals surface area contributed by atoms with Gasteiger partial charge >= 0.3 is 0 Å². The number of hydrogen-bond donors (Lipinski definition) is 2. The lowest BCUT2D eigenvalue weighted by molar-refractivity contribution is 0.140. The Bertz CT molecular complexity index is 1360. The number of anilines is 2. The van der Waals surface area contributed by atoms with Crippen molar-refractivity contribution in [1.82, 2.24) is 10.4 Å². The van der Waals surface area contributed by atoms with E-state index in [1.165, 1.54) is 36.5 Å². The van der Waals surface area contributed by atoms with Gasteiger partial charge in [0.05, 0.1) is 23.3 Å². The first-order valence-corrected chi connectivity index (χ1v) is 11.0. The van der Waals surface area contributed by atoms with Crippen molar-refractivity contribution in [3.05, 3.63) is 82.0 Å². The predicted octanol–water partition coefficient (Wildman–Crippen LogP) is 3.60. The van der Waals surface area contributed by atoms with Gasteiger partial charge in [0.25, 0.3) is 10.0 Å². The number of nitrogens with one attached hydrogen (secondary N) is 2. The molecule has 0 radical (unpaired) electrons. The molecule has 1 aromatic heterocycles. The smallest absolute Gasteiger partial charge is 0.261 e. The van der Waals surface area contributed by atoms with Crippen LogP contribution in [-0.4, -0.2) is 20.5 Å². The second kappa shape index (κ2) is 8.72. The summed E-state index contributed by atoms with van der Waals surface area (Å²) in [5.41, 5.74) is 3.03. The van der Waals surface area contributed by atoms with E-state index in [1.807, 2.05) is 0 Å². The van der Waals surface area contributed by atoms with E-state index in [2.05, 4.69) is 27.0 Å². The van der Waals surface area contributed by atoms with E-state index in [9.17, 15) is 17.2 Å². The van der Waals surface area contributed by atoms with Crippen molar-refractivity contribution in [2.75, 3.05) is 17.0 Å². The van der Waals surface area contributed by atoms with Gasteiger partial charge in [-0.1, -0.05) is 23.6 Å². The number of halogens is 3. The Hall–Kier alpha value is -3.23. The molecule has 0 unspecified atom stereocenters. The molecule has 0 amide bonds. The fraction of sp³-hybridized carbons (Fsp3) is 0.0952. The molecular weight excluding hydrogens is 462 g/mol. The van der Waals surface area contributed by atoms with Crippen LogP contribution in [0.15, 0.2) is 53.4 Å². The maximum absolute atomic E-state index is 14.9. The number of aromatic nitrogens is 1. The van der Waals surface area contributed by atoms with Crippen LogP contribution in [0.4, 0.5) is 20.3 Å². The van der Waals surface area contributed by atoms with Crippen LogP contribution < -0.4 is 15.3 Å².